The summed E-state index contributed by atoms with van der Waals surface area (Å²) >= 11 is 0. The van der Waals surface area contributed by atoms with Crippen molar-refractivity contribution in [2.24, 2.45) is 0 Å². The molecule has 2 aromatic rings. The van der Waals surface area contributed by atoms with E-state index in [1.165, 1.54) is 5.56 Å². The van der Waals surface area contributed by atoms with E-state index in [-0.39, 0.29) is 12.1 Å². The largest absolute Gasteiger partial charge is 0.438 e. The molecule has 0 saturated carbocycles. The van der Waals surface area contributed by atoms with Crippen LogP contribution in [0.25, 0.3) is 11.1 Å². The first-order valence-corrected chi connectivity index (χ1v) is 9.30. The highest BCUT2D eigenvalue weighted by molar-refractivity contribution is 5.69. The highest BCUT2D eigenvalue weighted by atomic mass is 16.6. The van der Waals surface area contributed by atoms with Gasteiger partial charge in [-0.3, -0.25) is 0 Å². The molecule has 0 spiro atoms. The molecule has 0 bridgehead atoms. The molecule has 2 aromatic carbocycles. The van der Waals surface area contributed by atoms with E-state index in [0.717, 1.165) is 37.1 Å². The van der Waals surface area contributed by atoms with Gasteiger partial charge in [-0.1, -0.05) is 54.6 Å². The molecule has 1 fully saturated rings. The molecule has 0 atom stereocenters. The fourth-order valence-corrected chi connectivity index (χ4v) is 3.39. The predicted molar refractivity (Wildman–Crippen MR) is 105 cm³/mol. The van der Waals surface area contributed by atoms with Crippen LogP contribution in [0.4, 0.5) is 4.79 Å². The van der Waals surface area contributed by atoms with Gasteiger partial charge in [0.15, 0.2) is 0 Å². The van der Waals surface area contributed by atoms with Crippen LogP contribution in [0.3, 0.4) is 0 Å². The number of ether oxygens (including phenoxy) is 1. The van der Waals surface area contributed by atoms with Gasteiger partial charge in [-0.2, -0.15) is 0 Å². The zero-order chi connectivity index (χ0) is 18.6. The maximum absolute atomic E-state index is 12.6. The van der Waals surface area contributed by atoms with Crippen LogP contribution in [0.2, 0.25) is 0 Å². The number of nitrogens with zero attached hydrogens (tertiary/aromatic N) is 1. The van der Waals surface area contributed by atoms with Gasteiger partial charge in [0.25, 0.3) is 0 Å². The summed E-state index contributed by atoms with van der Waals surface area (Å²) in [4.78, 5) is 14.4. The standard InChI is InChI=1S/C22H28N2O2/c1-22(2,26-21(25)24(3)20-13-15-23-16-14-20)19-11-9-18(10-12-19)17-7-5-4-6-8-17/h4-12,20,23H,13-16H2,1-3H3. The summed E-state index contributed by atoms with van der Waals surface area (Å²) in [6.07, 6.45) is 1.68. The van der Waals surface area contributed by atoms with E-state index in [4.69, 9.17) is 4.74 Å². The minimum absolute atomic E-state index is 0.250. The molecule has 138 valence electrons. The lowest BCUT2D eigenvalue weighted by Crippen LogP contribution is -2.45. The number of hydrogen-bond donors (Lipinski definition) is 1. The molecule has 0 aliphatic carbocycles. The third-order valence-corrected chi connectivity index (χ3v) is 5.17. The molecule has 0 radical (unpaired) electrons. The molecule has 0 aromatic heterocycles. The molecule has 4 heteroatoms. The van der Waals surface area contributed by atoms with Crippen molar-refractivity contribution in [3.63, 3.8) is 0 Å². The fraction of sp³-hybridized carbons (Fsp3) is 0.409. The van der Waals surface area contributed by atoms with E-state index in [9.17, 15) is 4.79 Å². The van der Waals surface area contributed by atoms with Gasteiger partial charge in [-0.05, 0) is 56.5 Å². The number of rotatable bonds is 4. The van der Waals surface area contributed by atoms with Crippen LogP contribution in [0.1, 0.15) is 32.3 Å². The molecular weight excluding hydrogens is 324 g/mol. The maximum Gasteiger partial charge on any atom is 0.410 e. The van der Waals surface area contributed by atoms with Crippen molar-refractivity contribution in [2.75, 3.05) is 20.1 Å². The SMILES string of the molecule is CN(C(=O)OC(C)(C)c1ccc(-c2ccccc2)cc1)C1CCNCC1. The van der Waals surface area contributed by atoms with Crippen LogP contribution < -0.4 is 5.32 Å². The Kier molecular flexibility index (Phi) is 5.62. The van der Waals surface area contributed by atoms with Gasteiger partial charge < -0.3 is 15.0 Å². The third-order valence-electron chi connectivity index (χ3n) is 5.17. The summed E-state index contributed by atoms with van der Waals surface area (Å²) in [7, 11) is 1.84. The van der Waals surface area contributed by atoms with Crippen molar-refractivity contribution in [3.8, 4) is 11.1 Å². The van der Waals surface area contributed by atoms with Crippen LogP contribution in [-0.4, -0.2) is 37.2 Å². The summed E-state index contributed by atoms with van der Waals surface area (Å²) in [5.74, 6) is 0. The first kappa shape index (κ1) is 18.5. The third kappa shape index (κ3) is 4.25. The van der Waals surface area contributed by atoms with E-state index in [1.54, 1.807) is 4.90 Å². The number of carbonyl (C=O) groups is 1. The summed E-state index contributed by atoms with van der Waals surface area (Å²) in [5, 5.41) is 3.32. The van der Waals surface area contributed by atoms with E-state index < -0.39 is 5.60 Å². The second-order valence-corrected chi connectivity index (χ2v) is 7.41. The van der Waals surface area contributed by atoms with Crippen molar-refractivity contribution in [3.05, 3.63) is 60.2 Å². The molecular formula is C22H28N2O2. The van der Waals surface area contributed by atoms with E-state index in [2.05, 4.69) is 29.6 Å². The Morgan fingerprint density at radius 2 is 1.58 bits per heavy atom. The summed E-state index contributed by atoms with van der Waals surface area (Å²) < 4.78 is 5.85. The summed E-state index contributed by atoms with van der Waals surface area (Å²) in [5.41, 5.74) is 2.65. The minimum atomic E-state index is -0.673. The van der Waals surface area contributed by atoms with Crippen molar-refractivity contribution >= 4 is 6.09 Å². The lowest BCUT2D eigenvalue weighted by atomic mass is 9.95. The molecule has 4 nitrogen and oxygen atoms in total. The van der Waals surface area contributed by atoms with Crippen LogP contribution in [0.15, 0.2) is 54.6 Å². The van der Waals surface area contributed by atoms with Crippen LogP contribution in [0, 0.1) is 0 Å². The number of nitrogens with one attached hydrogen (secondary N) is 1. The molecule has 3 rings (SSSR count). The van der Waals surface area contributed by atoms with Gasteiger partial charge >= 0.3 is 6.09 Å². The number of benzene rings is 2. The quantitative estimate of drug-likeness (QED) is 0.886. The lowest BCUT2D eigenvalue weighted by molar-refractivity contribution is 0.00606. The Bertz CT molecular complexity index is 720. The van der Waals surface area contributed by atoms with E-state index >= 15 is 0 Å². The van der Waals surface area contributed by atoms with Crippen molar-refractivity contribution < 1.29 is 9.53 Å². The Hall–Kier alpha value is -2.33. The van der Waals surface area contributed by atoms with Crippen molar-refractivity contribution in [2.45, 2.75) is 38.3 Å². The van der Waals surface area contributed by atoms with Gasteiger partial charge in [0.2, 0.25) is 0 Å². The molecule has 1 amide bonds. The number of amides is 1. The maximum atomic E-state index is 12.6. The van der Waals surface area contributed by atoms with Crippen molar-refractivity contribution in [1.29, 1.82) is 0 Å². The van der Waals surface area contributed by atoms with Crippen LogP contribution >= 0.6 is 0 Å². The topological polar surface area (TPSA) is 41.6 Å². The van der Waals surface area contributed by atoms with Gasteiger partial charge in [-0.25, -0.2) is 4.79 Å². The minimum Gasteiger partial charge on any atom is -0.438 e. The Morgan fingerprint density at radius 3 is 2.19 bits per heavy atom. The smallest absolute Gasteiger partial charge is 0.410 e. The summed E-state index contributed by atoms with van der Waals surface area (Å²) in [6.45, 7) is 5.79. The highest BCUT2D eigenvalue weighted by Gasteiger charge is 2.30. The van der Waals surface area contributed by atoms with E-state index in [0.29, 0.717) is 0 Å². The molecule has 1 saturated heterocycles. The average Bonchev–Trinajstić information content (AvgIpc) is 2.68. The lowest BCUT2D eigenvalue weighted by Gasteiger charge is -2.34. The predicted octanol–water partition coefficient (Wildman–Crippen LogP) is 4.41. The molecule has 0 unspecified atom stereocenters. The second kappa shape index (κ2) is 7.92. The molecule has 26 heavy (non-hydrogen) atoms. The number of carbonyl (C=O) groups excluding carboxylic acids is 1. The fourth-order valence-electron chi connectivity index (χ4n) is 3.39. The number of piperidine rings is 1. The zero-order valence-electron chi connectivity index (χ0n) is 15.9. The van der Waals surface area contributed by atoms with Gasteiger partial charge in [0.05, 0.1) is 0 Å². The first-order valence-electron chi connectivity index (χ1n) is 9.30. The average molecular weight is 352 g/mol. The first-order chi connectivity index (χ1) is 12.5. The molecule has 1 aliphatic rings. The second-order valence-electron chi connectivity index (χ2n) is 7.41. The summed E-state index contributed by atoms with van der Waals surface area (Å²) in [6, 6.07) is 18.8. The van der Waals surface area contributed by atoms with Crippen LogP contribution in [0.5, 0.6) is 0 Å². The van der Waals surface area contributed by atoms with E-state index in [1.807, 2.05) is 51.2 Å². The van der Waals surface area contributed by atoms with Gasteiger partial charge in [-0.15, -0.1) is 0 Å². The Morgan fingerprint density at radius 1 is 1.00 bits per heavy atom. The normalized spacial score (nSPS) is 15.5. The Balaban J connectivity index is 1.68. The van der Waals surface area contributed by atoms with Gasteiger partial charge in [0.1, 0.15) is 5.60 Å². The van der Waals surface area contributed by atoms with Crippen LogP contribution in [-0.2, 0) is 10.3 Å². The molecule has 1 N–H and O–H groups in total. The molecule has 1 aliphatic heterocycles. The Labute approximate surface area is 156 Å². The number of hydrogen-bond acceptors (Lipinski definition) is 3. The zero-order valence-corrected chi connectivity index (χ0v) is 15.9. The highest BCUT2D eigenvalue weighted by Crippen LogP contribution is 2.29. The monoisotopic (exact) mass is 352 g/mol. The van der Waals surface area contributed by atoms with Crippen molar-refractivity contribution in [1.82, 2.24) is 10.2 Å². The van der Waals surface area contributed by atoms with Gasteiger partial charge in [0, 0.05) is 13.1 Å². The molecule has 1 heterocycles.